The summed E-state index contributed by atoms with van der Waals surface area (Å²) in [4.78, 5) is 23.7. The van der Waals surface area contributed by atoms with E-state index in [0.29, 0.717) is 5.56 Å². The van der Waals surface area contributed by atoms with Crippen molar-refractivity contribution in [3.8, 4) is 0 Å². The van der Waals surface area contributed by atoms with E-state index in [1.807, 2.05) is 31.5 Å². The number of carbonyl (C=O) groups is 2. The average Bonchev–Trinajstić information content (AvgIpc) is 2.67. The number of aryl methyl sites for hydroxylation is 1. The van der Waals surface area contributed by atoms with Gasteiger partial charge in [-0.3, -0.25) is 9.59 Å². The minimum Gasteiger partial charge on any atom is -0.351 e. The van der Waals surface area contributed by atoms with Gasteiger partial charge in [-0.05, 0) is 32.9 Å². The molecule has 0 amide bonds. The molecule has 4 nitrogen and oxygen atoms in total. The summed E-state index contributed by atoms with van der Waals surface area (Å²) in [6, 6.07) is 5.45. The molecule has 104 valence electrons. The van der Waals surface area contributed by atoms with Gasteiger partial charge in [-0.25, -0.2) is 0 Å². The molecule has 4 heteroatoms. The van der Waals surface area contributed by atoms with Crippen LogP contribution in [0, 0.1) is 13.8 Å². The largest absolute Gasteiger partial charge is 0.351 e. The number of pyridine rings is 1. The van der Waals surface area contributed by atoms with Crippen LogP contribution in [0.25, 0.3) is 0 Å². The van der Waals surface area contributed by atoms with Crippen LogP contribution in [0.1, 0.15) is 39.0 Å². The van der Waals surface area contributed by atoms with Gasteiger partial charge >= 0.3 is 0 Å². The van der Waals surface area contributed by atoms with Gasteiger partial charge in [-0.15, -0.1) is 0 Å². The summed E-state index contributed by atoms with van der Waals surface area (Å²) in [6.07, 6.45) is 3.51. The zero-order chi connectivity index (χ0) is 14.9. The molecule has 0 aliphatic carbocycles. The number of hydrogen-bond donors (Lipinski definition) is 0. The van der Waals surface area contributed by atoms with Crippen molar-refractivity contribution < 1.29 is 14.2 Å². The Balaban J connectivity index is 2.25. The summed E-state index contributed by atoms with van der Waals surface area (Å²) in [5, 5.41) is 0. The molecule has 2 aromatic heterocycles. The molecule has 0 unspecified atom stereocenters. The quantitative estimate of drug-likeness (QED) is 0.630. The van der Waals surface area contributed by atoms with Crippen LogP contribution in [-0.4, -0.2) is 16.1 Å². The first-order chi connectivity index (χ1) is 9.40. The van der Waals surface area contributed by atoms with Crippen LogP contribution in [0.3, 0.4) is 0 Å². The highest BCUT2D eigenvalue weighted by atomic mass is 16.1. The van der Waals surface area contributed by atoms with Crippen LogP contribution < -0.4 is 4.57 Å². The number of aromatic nitrogens is 2. The summed E-state index contributed by atoms with van der Waals surface area (Å²) < 4.78 is 3.75. The normalized spacial score (nSPS) is 10.6. The van der Waals surface area contributed by atoms with Crippen molar-refractivity contribution in [2.24, 2.45) is 7.05 Å². The highest BCUT2D eigenvalue weighted by Crippen LogP contribution is 2.13. The molecule has 0 fully saturated rings. The lowest BCUT2D eigenvalue weighted by atomic mass is 10.1. The molecule has 0 N–H and O–H groups in total. The minimum atomic E-state index is -0.00136. The van der Waals surface area contributed by atoms with Gasteiger partial charge in [0.05, 0.1) is 5.56 Å². The highest BCUT2D eigenvalue weighted by Gasteiger charge is 2.18. The van der Waals surface area contributed by atoms with E-state index in [-0.39, 0.29) is 18.1 Å². The van der Waals surface area contributed by atoms with Crippen LogP contribution in [0.15, 0.2) is 30.6 Å². The van der Waals surface area contributed by atoms with Gasteiger partial charge in [0.15, 0.2) is 18.2 Å². The fourth-order valence-corrected chi connectivity index (χ4v) is 2.22. The lowest BCUT2D eigenvalue weighted by Crippen LogP contribution is -2.38. The Labute approximate surface area is 118 Å². The van der Waals surface area contributed by atoms with E-state index < -0.39 is 0 Å². The SMILES string of the molecule is CC(=O)c1ccc[n+](CC(=O)c2cc(C)n(C)c2C)c1. The summed E-state index contributed by atoms with van der Waals surface area (Å²) >= 11 is 0. The molecular formula is C16H19N2O2+. The maximum Gasteiger partial charge on any atom is 0.229 e. The van der Waals surface area contributed by atoms with E-state index in [1.54, 1.807) is 29.1 Å². The third-order valence-corrected chi connectivity index (χ3v) is 3.67. The second-order valence-corrected chi connectivity index (χ2v) is 5.09. The number of carbonyl (C=O) groups excluding carboxylic acids is 2. The average molecular weight is 271 g/mol. The second-order valence-electron chi connectivity index (χ2n) is 5.09. The molecule has 2 heterocycles. The van der Waals surface area contributed by atoms with Gasteiger partial charge in [0, 0.05) is 30.1 Å². The van der Waals surface area contributed by atoms with Crippen LogP contribution in [-0.2, 0) is 13.6 Å². The summed E-state index contributed by atoms with van der Waals surface area (Å²) in [7, 11) is 1.95. The Morgan fingerprint density at radius 2 is 2.00 bits per heavy atom. The van der Waals surface area contributed by atoms with Gasteiger partial charge < -0.3 is 4.57 Å². The van der Waals surface area contributed by atoms with Gasteiger partial charge in [0.2, 0.25) is 12.3 Å². The van der Waals surface area contributed by atoms with E-state index in [2.05, 4.69) is 0 Å². The Morgan fingerprint density at radius 3 is 2.55 bits per heavy atom. The van der Waals surface area contributed by atoms with Crippen molar-refractivity contribution in [3.05, 3.63) is 53.1 Å². The first-order valence-electron chi connectivity index (χ1n) is 6.56. The van der Waals surface area contributed by atoms with Crippen molar-refractivity contribution in [2.45, 2.75) is 27.3 Å². The van der Waals surface area contributed by atoms with E-state index in [0.717, 1.165) is 17.0 Å². The molecule has 0 saturated carbocycles. The highest BCUT2D eigenvalue weighted by molar-refractivity contribution is 5.96. The second kappa shape index (κ2) is 5.41. The molecule has 0 aromatic carbocycles. The van der Waals surface area contributed by atoms with Crippen LogP contribution >= 0.6 is 0 Å². The van der Waals surface area contributed by atoms with Gasteiger partial charge in [-0.1, -0.05) is 0 Å². The van der Waals surface area contributed by atoms with Crippen molar-refractivity contribution >= 4 is 11.6 Å². The fourth-order valence-electron chi connectivity index (χ4n) is 2.22. The van der Waals surface area contributed by atoms with E-state index in [1.165, 1.54) is 6.92 Å². The van der Waals surface area contributed by atoms with Gasteiger partial charge in [0.1, 0.15) is 0 Å². The zero-order valence-corrected chi connectivity index (χ0v) is 12.3. The fraction of sp³-hybridized carbons (Fsp3) is 0.312. The predicted molar refractivity (Wildman–Crippen MR) is 75.9 cm³/mol. The van der Waals surface area contributed by atoms with Crippen molar-refractivity contribution in [3.63, 3.8) is 0 Å². The van der Waals surface area contributed by atoms with Crippen molar-refractivity contribution in [1.29, 1.82) is 0 Å². The third kappa shape index (κ3) is 2.69. The monoisotopic (exact) mass is 271 g/mol. The number of hydrogen-bond acceptors (Lipinski definition) is 2. The maximum absolute atomic E-state index is 12.4. The van der Waals surface area contributed by atoms with E-state index in [4.69, 9.17) is 0 Å². The number of nitrogens with zero attached hydrogens (tertiary/aromatic N) is 2. The zero-order valence-electron chi connectivity index (χ0n) is 12.3. The molecule has 0 spiro atoms. The topological polar surface area (TPSA) is 42.9 Å². The molecule has 0 saturated heterocycles. The minimum absolute atomic E-state index is 0.00136. The van der Waals surface area contributed by atoms with Crippen LogP contribution in [0.4, 0.5) is 0 Å². The maximum atomic E-state index is 12.4. The molecule has 2 aromatic rings. The number of Topliss-reactive ketones (excluding diaryl/α,β-unsaturated/α-hetero) is 2. The molecular weight excluding hydrogens is 252 g/mol. The molecule has 2 rings (SSSR count). The summed E-state index contributed by atoms with van der Waals surface area (Å²) in [5.74, 6) is 0.0513. The molecule has 20 heavy (non-hydrogen) atoms. The number of rotatable bonds is 4. The molecule has 0 radical (unpaired) electrons. The Kier molecular flexibility index (Phi) is 3.84. The standard InChI is InChI=1S/C16H19N2O2/c1-11-8-15(12(2)17(11)4)16(20)10-18-7-5-6-14(9-18)13(3)19/h5-9H,10H2,1-4H3/q+1. The molecule has 0 aliphatic rings. The Hall–Kier alpha value is -2.23. The van der Waals surface area contributed by atoms with E-state index in [9.17, 15) is 9.59 Å². The molecule has 0 atom stereocenters. The Morgan fingerprint density at radius 1 is 1.30 bits per heavy atom. The van der Waals surface area contributed by atoms with Crippen LogP contribution in [0.5, 0.6) is 0 Å². The summed E-state index contributed by atoms with van der Waals surface area (Å²) in [5.41, 5.74) is 3.39. The van der Waals surface area contributed by atoms with E-state index >= 15 is 0 Å². The molecule has 0 aliphatic heterocycles. The lowest BCUT2D eigenvalue weighted by Gasteiger charge is -2.01. The predicted octanol–water partition coefficient (Wildman–Crippen LogP) is 2.01. The van der Waals surface area contributed by atoms with Crippen LogP contribution in [0.2, 0.25) is 0 Å². The summed E-state index contributed by atoms with van der Waals surface area (Å²) in [6.45, 7) is 5.68. The first kappa shape index (κ1) is 14.2. The first-order valence-corrected chi connectivity index (χ1v) is 6.56. The molecule has 0 bridgehead atoms. The smallest absolute Gasteiger partial charge is 0.229 e. The third-order valence-electron chi connectivity index (χ3n) is 3.67. The van der Waals surface area contributed by atoms with Crippen molar-refractivity contribution in [2.75, 3.05) is 0 Å². The Bertz CT molecular complexity index is 684. The van der Waals surface area contributed by atoms with Gasteiger partial charge in [0.25, 0.3) is 0 Å². The number of ketones is 2. The van der Waals surface area contributed by atoms with Crippen molar-refractivity contribution in [1.82, 2.24) is 4.57 Å². The lowest BCUT2D eigenvalue weighted by molar-refractivity contribution is -0.683. The van der Waals surface area contributed by atoms with Gasteiger partial charge in [-0.2, -0.15) is 4.57 Å².